The molecule has 1 aromatic heterocycles. The maximum Gasteiger partial charge on any atom is 0.274 e. The van der Waals surface area contributed by atoms with Crippen LogP contribution in [0.3, 0.4) is 0 Å². The molecule has 0 bridgehead atoms. The Morgan fingerprint density at radius 1 is 1.32 bits per heavy atom. The van der Waals surface area contributed by atoms with E-state index in [0.717, 1.165) is 0 Å². The molecule has 0 radical (unpaired) electrons. The van der Waals surface area contributed by atoms with Gasteiger partial charge < -0.3 is 4.74 Å². The number of benzene rings is 1. The Hall–Kier alpha value is -1.73. The molecule has 0 aliphatic rings. The zero-order valence-electron chi connectivity index (χ0n) is 9.42. The zero-order valence-corrected chi connectivity index (χ0v) is 11.8. The van der Waals surface area contributed by atoms with Crippen LogP contribution in [-0.2, 0) is 6.61 Å². The van der Waals surface area contributed by atoms with Crippen molar-refractivity contribution in [2.75, 3.05) is 0 Å². The van der Waals surface area contributed by atoms with Gasteiger partial charge in [0.2, 0.25) is 0 Å². The first-order chi connectivity index (χ1) is 9.04. The molecule has 1 aromatic carbocycles. The van der Waals surface area contributed by atoms with Gasteiger partial charge in [-0.1, -0.05) is 27.5 Å². The predicted molar refractivity (Wildman–Crippen MR) is 72.2 cm³/mol. The van der Waals surface area contributed by atoms with Gasteiger partial charge >= 0.3 is 0 Å². The van der Waals surface area contributed by atoms with E-state index in [1.54, 1.807) is 18.2 Å². The SMILES string of the molecule is O=[N+]([O-])c1cc(Br)cc(OCc2ccc(Cl)nn2)c1. The van der Waals surface area contributed by atoms with E-state index < -0.39 is 4.92 Å². The van der Waals surface area contributed by atoms with Gasteiger partial charge in [0.1, 0.15) is 18.1 Å². The number of hydrogen-bond donors (Lipinski definition) is 0. The Kier molecular flexibility index (Phi) is 4.28. The minimum Gasteiger partial charge on any atom is -0.487 e. The lowest BCUT2D eigenvalue weighted by molar-refractivity contribution is -0.385. The molecule has 19 heavy (non-hydrogen) atoms. The molecule has 0 N–H and O–H groups in total. The van der Waals surface area contributed by atoms with E-state index in [9.17, 15) is 10.1 Å². The van der Waals surface area contributed by atoms with E-state index in [1.807, 2.05) is 0 Å². The van der Waals surface area contributed by atoms with Gasteiger partial charge in [0.05, 0.1) is 11.0 Å². The highest BCUT2D eigenvalue weighted by Crippen LogP contribution is 2.26. The highest BCUT2D eigenvalue weighted by atomic mass is 79.9. The van der Waals surface area contributed by atoms with Gasteiger partial charge in [-0.05, 0) is 18.2 Å². The minimum absolute atomic E-state index is 0.0495. The number of aromatic nitrogens is 2. The van der Waals surface area contributed by atoms with Crippen LogP contribution in [0.5, 0.6) is 5.75 Å². The van der Waals surface area contributed by atoms with Crippen molar-refractivity contribution in [3.8, 4) is 5.75 Å². The van der Waals surface area contributed by atoms with E-state index in [1.165, 1.54) is 12.1 Å². The second kappa shape index (κ2) is 5.94. The second-order valence-corrected chi connectivity index (χ2v) is 4.84. The van der Waals surface area contributed by atoms with Crippen molar-refractivity contribution in [3.63, 3.8) is 0 Å². The predicted octanol–water partition coefficient (Wildman–Crippen LogP) is 3.38. The number of halogens is 2. The van der Waals surface area contributed by atoms with Crippen molar-refractivity contribution >= 4 is 33.2 Å². The van der Waals surface area contributed by atoms with Crippen LogP contribution in [0.1, 0.15) is 5.69 Å². The number of non-ortho nitro benzene ring substituents is 1. The molecule has 2 rings (SSSR count). The number of rotatable bonds is 4. The summed E-state index contributed by atoms with van der Waals surface area (Å²) >= 11 is 8.80. The molecule has 0 saturated carbocycles. The second-order valence-electron chi connectivity index (χ2n) is 3.54. The van der Waals surface area contributed by atoms with Crippen molar-refractivity contribution in [2.24, 2.45) is 0 Å². The Balaban J connectivity index is 2.11. The van der Waals surface area contributed by atoms with Crippen LogP contribution in [0.4, 0.5) is 5.69 Å². The van der Waals surface area contributed by atoms with Gasteiger partial charge in [0, 0.05) is 10.5 Å². The molecule has 0 fully saturated rings. The van der Waals surface area contributed by atoms with E-state index in [2.05, 4.69) is 26.1 Å². The van der Waals surface area contributed by atoms with Gasteiger partial charge in [0.25, 0.3) is 5.69 Å². The number of nitro benzene ring substituents is 1. The molecule has 0 aliphatic heterocycles. The Labute approximate surface area is 121 Å². The van der Waals surface area contributed by atoms with Crippen LogP contribution in [-0.4, -0.2) is 15.1 Å². The van der Waals surface area contributed by atoms with Crippen LogP contribution in [0.2, 0.25) is 5.15 Å². The van der Waals surface area contributed by atoms with E-state index >= 15 is 0 Å². The van der Waals surface area contributed by atoms with Gasteiger partial charge in [-0.25, -0.2) is 0 Å². The Bertz CT molecular complexity index is 607. The quantitative estimate of drug-likeness (QED) is 0.627. The lowest BCUT2D eigenvalue weighted by Gasteiger charge is -2.05. The third-order valence-electron chi connectivity index (χ3n) is 2.14. The summed E-state index contributed by atoms with van der Waals surface area (Å²) in [7, 11) is 0. The van der Waals surface area contributed by atoms with Crippen molar-refractivity contribution in [1.29, 1.82) is 0 Å². The molecule has 0 unspecified atom stereocenters. The fourth-order valence-corrected chi connectivity index (χ4v) is 1.88. The van der Waals surface area contributed by atoms with Gasteiger partial charge in [-0.3, -0.25) is 10.1 Å². The minimum atomic E-state index is -0.486. The number of hydrogen-bond acceptors (Lipinski definition) is 5. The summed E-state index contributed by atoms with van der Waals surface area (Å²) in [5.74, 6) is 0.373. The third kappa shape index (κ3) is 3.87. The molecular formula is C11H7BrClN3O3. The average Bonchev–Trinajstić information content (AvgIpc) is 2.37. The lowest BCUT2D eigenvalue weighted by atomic mass is 10.3. The maximum atomic E-state index is 10.7. The molecule has 0 saturated heterocycles. The van der Waals surface area contributed by atoms with Crippen LogP contribution in [0.25, 0.3) is 0 Å². The fraction of sp³-hybridized carbons (Fsp3) is 0.0909. The van der Waals surface area contributed by atoms with Gasteiger partial charge in [-0.2, -0.15) is 5.10 Å². The highest BCUT2D eigenvalue weighted by molar-refractivity contribution is 9.10. The zero-order chi connectivity index (χ0) is 13.8. The molecule has 2 aromatic rings. The summed E-state index contributed by atoms with van der Waals surface area (Å²) in [6.07, 6.45) is 0. The highest BCUT2D eigenvalue weighted by Gasteiger charge is 2.09. The molecule has 0 amide bonds. The van der Waals surface area contributed by atoms with E-state index in [0.29, 0.717) is 21.1 Å². The molecule has 8 heteroatoms. The van der Waals surface area contributed by atoms with E-state index in [4.69, 9.17) is 16.3 Å². The van der Waals surface area contributed by atoms with Crippen molar-refractivity contribution in [1.82, 2.24) is 10.2 Å². The number of nitrogens with zero attached hydrogens (tertiary/aromatic N) is 3. The molecule has 98 valence electrons. The van der Waals surface area contributed by atoms with Crippen LogP contribution >= 0.6 is 27.5 Å². The smallest absolute Gasteiger partial charge is 0.274 e. The molecule has 0 atom stereocenters. The summed E-state index contributed by atoms with van der Waals surface area (Å²) in [4.78, 5) is 10.2. The number of nitro groups is 1. The summed E-state index contributed by atoms with van der Waals surface area (Å²) in [6, 6.07) is 7.64. The standard InChI is InChI=1S/C11H7BrClN3O3/c12-7-3-9(16(17)18)5-10(4-7)19-6-8-1-2-11(13)15-14-8/h1-5H,6H2. The van der Waals surface area contributed by atoms with E-state index in [-0.39, 0.29) is 12.3 Å². The largest absolute Gasteiger partial charge is 0.487 e. The monoisotopic (exact) mass is 343 g/mol. The van der Waals surface area contributed by atoms with Crippen molar-refractivity contribution in [2.45, 2.75) is 6.61 Å². The average molecular weight is 345 g/mol. The third-order valence-corrected chi connectivity index (χ3v) is 2.80. The summed E-state index contributed by atoms with van der Waals surface area (Å²) in [6.45, 7) is 0.151. The molecule has 0 aliphatic carbocycles. The maximum absolute atomic E-state index is 10.7. The summed E-state index contributed by atoms with van der Waals surface area (Å²) < 4.78 is 5.99. The molecule has 1 heterocycles. The Morgan fingerprint density at radius 2 is 2.11 bits per heavy atom. The first kappa shape index (κ1) is 13.7. The normalized spacial score (nSPS) is 10.2. The summed E-state index contributed by atoms with van der Waals surface area (Å²) in [5, 5.41) is 18.5. The van der Waals surface area contributed by atoms with Gasteiger partial charge in [0.15, 0.2) is 5.15 Å². The topological polar surface area (TPSA) is 78.2 Å². The van der Waals surface area contributed by atoms with Crippen molar-refractivity contribution < 1.29 is 9.66 Å². The molecule has 6 nitrogen and oxygen atoms in total. The van der Waals surface area contributed by atoms with Crippen LogP contribution in [0.15, 0.2) is 34.8 Å². The van der Waals surface area contributed by atoms with Gasteiger partial charge in [-0.15, -0.1) is 5.10 Å². The van der Waals surface area contributed by atoms with Crippen LogP contribution < -0.4 is 4.74 Å². The molecular weight excluding hydrogens is 337 g/mol. The first-order valence-corrected chi connectivity index (χ1v) is 6.27. The lowest BCUT2D eigenvalue weighted by Crippen LogP contribution is -2.00. The Morgan fingerprint density at radius 3 is 2.74 bits per heavy atom. The fourth-order valence-electron chi connectivity index (χ4n) is 1.31. The number of ether oxygens (including phenoxy) is 1. The summed E-state index contributed by atoms with van der Waals surface area (Å²) in [5.41, 5.74) is 0.526. The first-order valence-electron chi connectivity index (χ1n) is 5.10. The van der Waals surface area contributed by atoms with Crippen LogP contribution in [0, 0.1) is 10.1 Å². The van der Waals surface area contributed by atoms with Crippen molar-refractivity contribution in [3.05, 3.63) is 55.8 Å². The molecule has 0 spiro atoms.